The molecular weight excluding hydrogens is 304 g/mol. The van der Waals surface area contributed by atoms with Crippen molar-refractivity contribution in [2.75, 3.05) is 13.6 Å². The van der Waals surface area contributed by atoms with E-state index in [4.69, 9.17) is 4.74 Å². The van der Waals surface area contributed by atoms with Gasteiger partial charge in [-0.2, -0.15) is 0 Å². The zero-order chi connectivity index (χ0) is 16.9. The minimum atomic E-state index is -0.427. The van der Waals surface area contributed by atoms with Crippen LogP contribution in [0.2, 0.25) is 0 Å². The Balaban J connectivity index is 1.60. The van der Waals surface area contributed by atoms with E-state index >= 15 is 0 Å². The molecule has 5 heteroatoms. The fourth-order valence-electron chi connectivity index (χ4n) is 2.58. The van der Waals surface area contributed by atoms with Crippen LogP contribution < -0.4 is 4.74 Å². The summed E-state index contributed by atoms with van der Waals surface area (Å²) in [5, 5.41) is 10.00. The van der Waals surface area contributed by atoms with Crippen LogP contribution in [0, 0.1) is 5.92 Å². The SMILES string of the molecule is CN(CC(O)C1CC1)C(=O)c1cccc(OCc2cccnc2)c1. The van der Waals surface area contributed by atoms with Crippen molar-refractivity contribution in [3.63, 3.8) is 0 Å². The molecule has 1 aliphatic carbocycles. The maximum atomic E-state index is 12.5. The van der Waals surface area contributed by atoms with E-state index in [1.54, 1.807) is 42.5 Å². The van der Waals surface area contributed by atoms with E-state index in [-0.39, 0.29) is 5.91 Å². The van der Waals surface area contributed by atoms with Crippen LogP contribution in [0.25, 0.3) is 0 Å². The molecule has 1 fully saturated rings. The zero-order valence-corrected chi connectivity index (χ0v) is 13.8. The van der Waals surface area contributed by atoms with Gasteiger partial charge >= 0.3 is 0 Å². The second kappa shape index (κ2) is 7.45. The molecule has 1 aromatic heterocycles. The molecule has 1 unspecified atom stereocenters. The number of hydrogen-bond acceptors (Lipinski definition) is 4. The van der Waals surface area contributed by atoms with Crippen molar-refractivity contribution in [2.24, 2.45) is 5.92 Å². The lowest BCUT2D eigenvalue weighted by Gasteiger charge is -2.21. The molecule has 126 valence electrons. The summed E-state index contributed by atoms with van der Waals surface area (Å²) in [4.78, 5) is 18.1. The number of rotatable bonds is 7. The first kappa shape index (κ1) is 16.5. The van der Waals surface area contributed by atoms with Gasteiger partial charge in [0, 0.05) is 37.1 Å². The van der Waals surface area contributed by atoms with E-state index in [9.17, 15) is 9.90 Å². The number of aliphatic hydroxyl groups is 1. The number of carbonyl (C=O) groups excluding carboxylic acids is 1. The van der Waals surface area contributed by atoms with Crippen LogP contribution in [0.5, 0.6) is 5.75 Å². The molecule has 24 heavy (non-hydrogen) atoms. The molecule has 2 aromatic rings. The van der Waals surface area contributed by atoms with Gasteiger partial charge in [-0.25, -0.2) is 0 Å². The number of ether oxygens (including phenoxy) is 1. The summed E-state index contributed by atoms with van der Waals surface area (Å²) in [7, 11) is 1.72. The van der Waals surface area contributed by atoms with Gasteiger partial charge in [0.05, 0.1) is 6.10 Å². The maximum absolute atomic E-state index is 12.5. The number of aromatic nitrogens is 1. The predicted octanol–water partition coefficient (Wildman–Crippen LogP) is 2.50. The van der Waals surface area contributed by atoms with Crippen molar-refractivity contribution < 1.29 is 14.6 Å². The van der Waals surface area contributed by atoms with Gasteiger partial charge in [-0.3, -0.25) is 9.78 Å². The molecule has 1 amide bonds. The number of hydrogen-bond donors (Lipinski definition) is 1. The summed E-state index contributed by atoms with van der Waals surface area (Å²) in [6.45, 7) is 0.770. The van der Waals surface area contributed by atoms with Gasteiger partial charge in [0.1, 0.15) is 12.4 Å². The summed E-state index contributed by atoms with van der Waals surface area (Å²) >= 11 is 0. The average molecular weight is 326 g/mol. The van der Waals surface area contributed by atoms with Crippen LogP contribution in [0.4, 0.5) is 0 Å². The highest BCUT2D eigenvalue weighted by Crippen LogP contribution is 2.32. The summed E-state index contributed by atoms with van der Waals surface area (Å²) in [6, 6.07) is 10.9. The van der Waals surface area contributed by atoms with Crippen molar-refractivity contribution in [1.29, 1.82) is 0 Å². The van der Waals surface area contributed by atoms with Crippen LogP contribution in [-0.4, -0.2) is 40.6 Å². The number of aliphatic hydroxyl groups excluding tert-OH is 1. The number of carbonyl (C=O) groups is 1. The Bertz CT molecular complexity index is 686. The van der Waals surface area contributed by atoms with Crippen molar-refractivity contribution >= 4 is 5.91 Å². The van der Waals surface area contributed by atoms with Crippen LogP contribution >= 0.6 is 0 Å². The topological polar surface area (TPSA) is 62.7 Å². The second-order valence-corrected chi connectivity index (χ2v) is 6.27. The predicted molar refractivity (Wildman–Crippen MR) is 90.7 cm³/mol. The monoisotopic (exact) mass is 326 g/mol. The number of pyridine rings is 1. The third kappa shape index (κ3) is 4.32. The van der Waals surface area contributed by atoms with E-state index in [1.165, 1.54) is 0 Å². The minimum Gasteiger partial charge on any atom is -0.489 e. The lowest BCUT2D eigenvalue weighted by atomic mass is 10.1. The Labute approximate surface area is 141 Å². The largest absolute Gasteiger partial charge is 0.489 e. The van der Waals surface area contributed by atoms with Gasteiger partial charge in [-0.05, 0) is 43.0 Å². The fraction of sp³-hybridized carbons (Fsp3) is 0.368. The summed E-state index contributed by atoms with van der Waals surface area (Å²) < 4.78 is 5.73. The van der Waals surface area contributed by atoms with Crippen molar-refractivity contribution in [3.05, 3.63) is 59.9 Å². The average Bonchev–Trinajstić information content (AvgIpc) is 3.45. The Kier molecular flexibility index (Phi) is 5.11. The number of benzene rings is 1. The van der Waals surface area contributed by atoms with Crippen molar-refractivity contribution in [1.82, 2.24) is 9.88 Å². The lowest BCUT2D eigenvalue weighted by Crippen LogP contribution is -2.35. The first-order chi connectivity index (χ1) is 11.6. The molecule has 1 N–H and O–H groups in total. The first-order valence-electron chi connectivity index (χ1n) is 8.19. The standard InChI is InChI=1S/C19H22N2O3/c1-21(12-18(22)15-7-8-15)19(23)16-5-2-6-17(10-16)24-13-14-4-3-9-20-11-14/h2-6,9-11,15,18,22H,7-8,12-13H2,1H3. The molecule has 5 nitrogen and oxygen atoms in total. The normalized spacial score (nSPS) is 14.9. The van der Waals surface area contributed by atoms with Crippen LogP contribution in [0.3, 0.4) is 0 Å². The molecule has 0 spiro atoms. The maximum Gasteiger partial charge on any atom is 0.253 e. The molecule has 0 radical (unpaired) electrons. The minimum absolute atomic E-state index is 0.110. The van der Waals surface area contributed by atoms with Crippen molar-refractivity contribution in [3.8, 4) is 5.75 Å². The molecule has 0 bridgehead atoms. The van der Waals surface area contributed by atoms with Gasteiger partial charge in [0.15, 0.2) is 0 Å². The highest BCUT2D eigenvalue weighted by Gasteiger charge is 2.31. The van der Waals surface area contributed by atoms with Gasteiger partial charge in [0.25, 0.3) is 5.91 Å². The van der Waals surface area contributed by atoms with Crippen molar-refractivity contribution in [2.45, 2.75) is 25.6 Å². The number of amides is 1. The van der Waals surface area contributed by atoms with E-state index in [0.29, 0.717) is 30.4 Å². The number of likely N-dealkylation sites (N-methyl/N-ethyl adjacent to an activating group) is 1. The first-order valence-corrected chi connectivity index (χ1v) is 8.19. The Morgan fingerprint density at radius 1 is 1.38 bits per heavy atom. The zero-order valence-electron chi connectivity index (χ0n) is 13.8. The number of nitrogens with zero attached hydrogens (tertiary/aromatic N) is 2. The Morgan fingerprint density at radius 2 is 2.21 bits per heavy atom. The molecule has 0 saturated heterocycles. The third-order valence-electron chi connectivity index (χ3n) is 4.18. The van der Waals surface area contributed by atoms with Gasteiger partial charge in [-0.15, -0.1) is 0 Å². The smallest absolute Gasteiger partial charge is 0.253 e. The lowest BCUT2D eigenvalue weighted by molar-refractivity contribution is 0.0645. The second-order valence-electron chi connectivity index (χ2n) is 6.27. The van der Waals surface area contributed by atoms with Crippen LogP contribution in [-0.2, 0) is 6.61 Å². The van der Waals surface area contributed by atoms with E-state index in [2.05, 4.69) is 4.98 Å². The van der Waals surface area contributed by atoms with E-state index < -0.39 is 6.10 Å². The molecule has 1 atom stereocenters. The highest BCUT2D eigenvalue weighted by molar-refractivity contribution is 5.94. The molecule has 1 saturated carbocycles. The quantitative estimate of drug-likeness (QED) is 0.849. The summed E-state index contributed by atoms with van der Waals surface area (Å²) in [5.41, 5.74) is 1.53. The molecular formula is C19H22N2O3. The van der Waals surface area contributed by atoms with Gasteiger partial charge in [-0.1, -0.05) is 12.1 Å². The van der Waals surface area contributed by atoms with E-state index in [0.717, 1.165) is 18.4 Å². The Morgan fingerprint density at radius 3 is 2.92 bits per heavy atom. The van der Waals surface area contributed by atoms with Crippen LogP contribution in [0.1, 0.15) is 28.8 Å². The molecule has 1 aromatic carbocycles. The van der Waals surface area contributed by atoms with E-state index in [1.807, 2.05) is 18.2 Å². The molecule has 1 heterocycles. The van der Waals surface area contributed by atoms with Gasteiger partial charge < -0.3 is 14.7 Å². The van der Waals surface area contributed by atoms with Gasteiger partial charge in [0.2, 0.25) is 0 Å². The third-order valence-corrected chi connectivity index (χ3v) is 4.18. The highest BCUT2D eigenvalue weighted by atomic mass is 16.5. The fourth-order valence-corrected chi connectivity index (χ4v) is 2.58. The molecule has 0 aliphatic heterocycles. The Hall–Kier alpha value is -2.40. The summed E-state index contributed by atoms with van der Waals surface area (Å²) in [6.07, 6.45) is 5.15. The molecule has 1 aliphatic rings. The summed E-state index contributed by atoms with van der Waals surface area (Å²) in [5.74, 6) is 0.886. The van der Waals surface area contributed by atoms with Crippen LogP contribution in [0.15, 0.2) is 48.8 Å². The molecule has 3 rings (SSSR count).